The maximum atomic E-state index is 13.4. The van der Waals surface area contributed by atoms with E-state index in [0.29, 0.717) is 40.6 Å². The molecule has 0 radical (unpaired) electrons. The molecule has 1 aliphatic heterocycles. The monoisotopic (exact) mass is 517 g/mol. The Hall–Kier alpha value is -3.59. The molecule has 1 atom stereocenters. The van der Waals surface area contributed by atoms with Crippen molar-refractivity contribution in [3.8, 4) is 11.5 Å². The number of ether oxygens (including phenoxy) is 2. The summed E-state index contributed by atoms with van der Waals surface area (Å²) in [7, 11) is 1.65. The van der Waals surface area contributed by atoms with E-state index in [9.17, 15) is 9.90 Å². The molecular formula is C29H31N3O4S. The van der Waals surface area contributed by atoms with Gasteiger partial charge in [0.25, 0.3) is 5.91 Å². The summed E-state index contributed by atoms with van der Waals surface area (Å²) >= 11 is 1.55. The van der Waals surface area contributed by atoms with Crippen molar-refractivity contribution >= 4 is 29.1 Å². The molecular weight excluding hydrogens is 486 g/mol. The van der Waals surface area contributed by atoms with E-state index in [1.54, 1.807) is 61.4 Å². The SMILES string of the molecule is CNC(O)c1cc(Oc2ccc(NC(=O)C3=C(c4ccc(C)cc4)OC(SC)=C(C)CC3)cc2)ccn1. The number of hydrogen-bond acceptors (Lipinski definition) is 7. The van der Waals surface area contributed by atoms with Crippen LogP contribution < -0.4 is 15.4 Å². The van der Waals surface area contributed by atoms with E-state index < -0.39 is 6.23 Å². The lowest BCUT2D eigenvalue weighted by Crippen LogP contribution is -2.16. The molecule has 0 fully saturated rings. The second-order valence-corrected chi connectivity index (χ2v) is 9.51. The molecule has 2 heterocycles. The van der Waals surface area contributed by atoms with Crippen molar-refractivity contribution in [2.24, 2.45) is 0 Å². The van der Waals surface area contributed by atoms with Crippen molar-refractivity contribution in [1.29, 1.82) is 0 Å². The van der Waals surface area contributed by atoms with Gasteiger partial charge in [0.2, 0.25) is 0 Å². The number of aryl methyl sites for hydroxylation is 1. The minimum Gasteiger partial charge on any atom is -0.457 e. The van der Waals surface area contributed by atoms with Gasteiger partial charge < -0.3 is 19.9 Å². The fourth-order valence-electron chi connectivity index (χ4n) is 3.88. The summed E-state index contributed by atoms with van der Waals surface area (Å²) in [5.74, 6) is 1.54. The second-order valence-electron chi connectivity index (χ2n) is 8.74. The third-order valence-corrected chi connectivity index (χ3v) is 6.80. The van der Waals surface area contributed by atoms with Crippen LogP contribution in [-0.2, 0) is 9.53 Å². The maximum Gasteiger partial charge on any atom is 0.255 e. The Morgan fingerprint density at radius 2 is 1.78 bits per heavy atom. The first kappa shape index (κ1) is 26.5. The molecule has 0 aliphatic carbocycles. The zero-order valence-electron chi connectivity index (χ0n) is 21.4. The van der Waals surface area contributed by atoms with Crippen LogP contribution in [0, 0.1) is 6.92 Å². The van der Waals surface area contributed by atoms with Crippen molar-refractivity contribution in [3.63, 3.8) is 0 Å². The molecule has 0 bridgehead atoms. The van der Waals surface area contributed by atoms with Gasteiger partial charge in [0.05, 0.1) is 11.3 Å². The largest absolute Gasteiger partial charge is 0.457 e. The van der Waals surface area contributed by atoms with Gasteiger partial charge in [-0.2, -0.15) is 0 Å². The first-order chi connectivity index (χ1) is 17.9. The van der Waals surface area contributed by atoms with E-state index in [1.807, 2.05) is 44.4 Å². The van der Waals surface area contributed by atoms with E-state index in [4.69, 9.17) is 9.47 Å². The fraction of sp³-hybridized carbons (Fsp3) is 0.241. The molecule has 1 unspecified atom stereocenters. The van der Waals surface area contributed by atoms with E-state index in [0.717, 1.165) is 28.2 Å². The molecule has 0 saturated carbocycles. The third kappa shape index (κ3) is 6.60. The summed E-state index contributed by atoms with van der Waals surface area (Å²) < 4.78 is 12.2. The average Bonchev–Trinajstić information content (AvgIpc) is 3.08. The van der Waals surface area contributed by atoms with Crippen LogP contribution in [0.1, 0.15) is 42.8 Å². The Morgan fingerprint density at radius 3 is 2.46 bits per heavy atom. The molecule has 0 saturated heterocycles. The molecule has 3 aromatic rings. The number of pyridine rings is 1. The van der Waals surface area contributed by atoms with Gasteiger partial charge >= 0.3 is 0 Å². The van der Waals surface area contributed by atoms with Gasteiger partial charge in [-0.3, -0.25) is 15.1 Å². The first-order valence-corrected chi connectivity index (χ1v) is 13.2. The standard InChI is InChI=1S/C29H31N3O4S/c1-18-5-8-20(9-6-18)26-24(14-7-19(2)29(36-26)37-4)27(33)32-21-10-12-22(13-11-21)35-23-15-16-31-25(17-23)28(34)30-3/h5-6,8-13,15-17,28,30,34H,7,14H2,1-4H3,(H,32,33). The summed E-state index contributed by atoms with van der Waals surface area (Å²) in [6.07, 6.45) is 4.01. The number of nitrogens with zero attached hydrogens (tertiary/aromatic N) is 1. The first-order valence-electron chi connectivity index (χ1n) is 12.0. The van der Waals surface area contributed by atoms with Crippen molar-refractivity contribution in [3.05, 3.63) is 99.9 Å². The number of benzene rings is 2. The van der Waals surface area contributed by atoms with Crippen LogP contribution >= 0.6 is 11.8 Å². The predicted octanol–water partition coefficient (Wildman–Crippen LogP) is 6.15. The molecule has 1 aromatic heterocycles. The number of allylic oxidation sites excluding steroid dienone is 1. The van der Waals surface area contributed by atoms with Crippen LogP contribution in [0.25, 0.3) is 5.76 Å². The normalized spacial score (nSPS) is 14.6. The number of rotatable bonds is 8. The van der Waals surface area contributed by atoms with E-state index in [2.05, 4.69) is 15.6 Å². The highest BCUT2D eigenvalue weighted by molar-refractivity contribution is 8.02. The van der Waals surface area contributed by atoms with Crippen molar-refractivity contribution in [1.82, 2.24) is 10.3 Å². The van der Waals surface area contributed by atoms with Gasteiger partial charge in [-0.15, -0.1) is 0 Å². The summed E-state index contributed by atoms with van der Waals surface area (Å²) in [6.45, 7) is 4.08. The van der Waals surface area contributed by atoms with Gasteiger partial charge in [-0.1, -0.05) is 41.6 Å². The number of aliphatic hydroxyl groups excluding tert-OH is 1. The van der Waals surface area contributed by atoms with Crippen LogP contribution in [0.3, 0.4) is 0 Å². The number of anilines is 1. The second kappa shape index (κ2) is 12.1. The number of carbonyl (C=O) groups excluding carboxylic acids is 1. The Morgan fingerprint density at radius 1 is 1.05 bits per heavy atom. The molecule has 2 aromatic carbocycles. The summed E-state index contributed by atoms with van der Waals surface area (Å²) in [6, 6.07) is 18.5. The molecule has 1 aliphatic rings. The minimum atomic E-state index is -0.876. The fourth-order valence-corrected chi connectivity index (χ4v) is 4.50. The highest BCUT2D eigenvalue weighted by Crippen LogP contribution is 2.36. The Labute approximate surface area is 221 Å². The van der Waals surface area contributed by atoms with Gasteiger partial charge in [0.1, 0.15) is 23.5 Å². The summed E-state index contributed by atoms with van der Waals surface area (Å²) in [4.78, 5) is 17.6. The number of aromatic nitrogens is 1. The van der Waals surface area contributed by atoms with Crippen LogP contribution in [-0.4, -0.2) is 29.3 Å². The molecule has 7 nitrogen and oxygen atoms in total. The van der Waals surface area contributed by atoms with Gasteiger partial charge in [-0.25, -0.2) is 0 Å². The van der Waals surface area contributed by atoms with Crippen LogP contribution in [0.2, 0.25) is 0 Å². The van der Waals surface area contributed by atoms with Gasteiger partial charge in [-0.05, 0) is 75.9 Å². The maximum absolute atomic E-state index is 13.4. The van der Waals surface area contributed by atoms with Crippen molar-refractivity contribution < 1.29 is 19.4 Å². The predicted molar refractivity (Wildman–Crippen MR) is 148 cm³/mol. The van der Waals surface area contributed by atoms with E-state index >= 15 is 0 Å². The highest BCUT2D eigenvalue weighted by atomic mass is 32.2. The highest BCUT2D eigenvalue weighted by Gasteiger charge is 2.24. The van der Waals surface area contributed by atoms with E-state index in [-0.39, 0.29) is 5.91 Å². The lowest BCUT2D eigenvalue weighted by atomic mass is 10.0. The molecule has 4 rings (SSSR count). The number of carbonyl (C=O) groups is 1. The summed E-state index contributed by atoms with van der Waals surface area (Å²) in [5, 5.41) is 16.5. The molecule has 8 heteroatoms. The number of amides is 1. The number of thioether (sulfide) groups is 1. The molecule has 3 N–H and O–H groups in total. The Balaban J connectivity index is 1.53. The van der Waals surface area contributed by atoms with Crippen molar-refractivity contribution in [2.45, 2.75) is 32.9 Å². The Bertz CT molecular complexity index is 1320. The molecule has 37 heavy (non-hydrogen) atoms. The molecule has 1 amide bonds. The molecule has 192 valence electrons. The number of aliphatic hydroxyl groups is 1. The Kier molecular flexibility index (Phi) is 8.66. The molecule has 0 spiro atoms. The van der Waals surface area contributed by atoms with Gasteiger partial charge in [0.15, 0.2) is 5.09 Å². The smallest absolute Gasteiger partial charge is 0.255 e. The minimum absolute atomic E-state index is 0.195. The summed E-state index contributed by atoms with van der Waals surface area (Å²) in [5.41, 5.74) is 4.86. The van der Waals surface area contributed by atoms with Gasteiger partial charge in [0, 0.05) is 23.5 Å². The van der Waals surface area contributed by atoms with Crippen LogP contribution in [0.5, 0.6) is 11.5 Å². The lowest BCUT2D eigenvalue weighted by molar-refractivity contribution is -0.113. The quantitative estimate of drug-likeness (QED) is 0.309. The third-order valence-electron chi connectivity index (χ3n) is 5.99. The number of nitrogens with one attached hydrogen (secondary N) is 2. The van der Waals surface area contributed by atoms with E-state index in [1.165, 1.54) is 0 Å². The topological polar surface area (TPSA) is 92.7 Å². The van der Waals surface area contributed by atoms with Crippen LogP contribution in [0.4, 0.5) is 5.69 Å². The zero-order chi connectivity index (χ0) is 26.4. The average molecular weight is 518 g/mol. The zero-order valence-corrected chi connectivity index (χ0v) is 22.2. The number of hydrogen-bond donors (Lipinski definition) is 3. The van der Waals surface area contributed by atoms with Crippen LogP contribution in [0.15, 0.2) is 83.1 Å². The lowest BCUT2D eigenvalue weighted by Gasteiger charge is -2.16. The van der Waals surface area contributed by atoms with Crippen molar-refractivity contribution in [2.75, 3.05) is 18.6 Å².